The molecule has 1 spiro atoms. The number of carbonyl (C=O) groups is 2. The first-order valence-electron chi connectivity index (χ1n) is 9.48. The molecule has 1 saturated carbocycles. The van der Waals surface area contributed by atoms with Crippen LogP contribution in [0.3, 0.4) is 0 Å². The summed E-state index contributed by atoms with van der Waals surface area (Å²) >= 11 is 0. The van der Waals surface area contributed by atoms with Crippen LogP contribution in [0.25, 0.3) is 11.5 Å². The van der Waals surface area contributed by atoms with E-state index in [1.165, 1.54) is 17.0 Å². The largest absolute Gasteiger partial charge is 0.573 e. The lowest BCUT2D eigenvalue weighted by molar-refractivity contribution is -0.274. The van der Waals surface area contributed by atoms with Crippen LogP contribution in [0, 0.1) is 0 Å². The number of nitrogens with zero attached hydrogens (tertiary/aromatic N) is 6. The predicted octanol–water partition coefficient (Wildman–Crippen LogP) is 2.66. The Kier molecular flexibility index (Phi) is 4.36. The Labute approximate surface area is 178 Å². The molecule has 3 amide bonds. The molecule has 13 heteroatoms. The summed E-state index contributed by atoms with van der Waals surface area (Å²) in [6, 6.07) is 7.50. The van der Waals surface area contributed by atoms with Gasteiger partial charge in [0.2, 0.25) is 0 Å². The number of nitrogens with one attached hydrogen (secondary N) is 1. The Morgan fingerprint density at radius 2 is 1.88 bits per heavy atom. The SMILES string of the molecule is O=C1N(c2ccc(OC(F)(F)F)cc2)C(=O)C2(CC2)N1Cc1ccnc(-c2nnn[nH]2)c1. The second-order valence-electron chi connectivity index (χ2n) is 7.38. The maximum Gasteiger partial charge on any atom is 0.573 e. The van der Waals surface area contributed by atoms with Crippen molar-refractivity contribution in [3.8, 4) is 17.3 Å². The van der Waals surface area contributed by atoms with Gasteiger partial charge in [0.05, 0.1) is 5.69 Å². The van der Waals surface area contributed by atoms with Crippen molar-refractivity contribution in [3.63, 3.8) is 0 Å². The minimum atomic E-state index is -4.83. The van der Waals surface area contributed by atoms with Crippen LogP contribution in [0.15, 0.2) is 42.6 Å². The Hall–Kier alpha value is -4.03. The maximum absolute atomic E-state index is 13.2. The van der Waals surface area contributed by atoms with Crippen molar-refractivity contribution in [1.82, 2.24) is 30.5 Å². The first kappa shape index (κ1) is 19.9. The van der Waals surface area contributed by atoms with Crippen LogP contribution in [-0.2, 0) is 11.3 Å². The van der Waals surface area contributed by atoms with E-state index in [4.69, 9.17) is 0 Å². The Morgan fingerprint density at radius 1 is 1.12 bits per heavy atom. The number of alkyl halides is 3. The first-order valence-corrected chi connectivity index (χ1v) is 9.48. The Bertz CT molecular complexity index is 1180. The zero-order chi connectivity index (χ0) is 22.5. The maximum atomic E-state index is 13.2. The molecule has 0 radical (unpaired) electrons. The molecule has 2 fully saturated rings. The van der Waals surface area contributed by atoms with E-state index in [0.29, 0.717) is 24.4 Å². The van der Waals surface area contributed by atoms with Gasteiger partial charge in [-0.25, -0.2) is 14.8 Å². The number of benzene rings is 1. The summed E-state index contributed by atoms with van der Waals surface area (Å²) in [4.78, 5) is 32.9. The third kappa shape index (κ3) is 3.40. The zero-order valence-corrected chi connectivity index (χ0v) is 16.2. The third-order valence-corrected chi connectivity index (χ3v) is 5.35. The molecular weight excluding hydrogens is 431 g/mol. The van der Waals surface area contributed by atoms with Crippen molar-refractivity contribution in [2.75, 3.05) is 4.90 Å². The number of pyridine rings is 1. The molecule has 2 aliphatic rings. The second-order valence-corrected chi connectivity index (χ2v) is 7.38. The minimum Gasteiger partial charge on any atom is -0.406 e. The zero-order valence-electron chi connectivity index (χ0n) is 16.2. The number of urea groups is 1. The number of tetrazole rings is 1. The van der Waals surface area contributed by atoms with Gasteiger partial charge in [0.1, 0.15) is 17.0 Å². The second kappa shape index (κ2) is 7.00. The highest BCUT2D eigenvalue weighted by molar-refractivity contribution is 6.24. The standard InChI is InChI=1S/C19H14F3N7O3/c20-19(21,22)32-13-3-1-12(2-4-13)29-16(30)18(6-7-18)28(17(29)31)10-11-5-8-23-14(9-11)15-24-26-27-25-15/h1-5,8-9H,6-7,10H2,(H,24,25,26,27). The van der Waals surface area contributed by atoms with E-state index in [9.17, 15) is 22.8 Å². The number of halogens is 3. The van der Waals surface area contributed by atoms with Gasteiger partial charge in [-0.1, -0.05) is 0 Å². The molecule has 10 nitrogen and oxygen atoms in total. The third-order valence-electron chi connectivity index (χ3n) is 5.35. The number of ether oxygens (including phenoxy) is 1. The van der Waals surface area contributed by atoms with E-state index in [1.54, 1.807) is 18.3 Å². The minimum absolute atomic E-state index is 0.146. The van der Waals surface area contributed by atoms with Gasteiger partial charge in [-0.3, -0.25) is 9.78 Å². The van der Waals surface area contributed by atoms with E-state index in [2.05, 4.69) is 30.3 Å². The summed E-state index contributed by atoms with van der Waals surface area (Å²) in [5.41, 5.74) is 0.420. The van der Waals surface area contributed by atoms with Crippen molar-refractivity contribution in [2.24, 2.45) is 0 Å². The van der Waals surface area contributed by atoms with E-state index >= 15 is 0 Å². The summed E-state index contributed by atoms with van der Waals surface area (Å²) in [5, 5.41) is 13.4. The number of aromatic nitrogens is 5. The van der Waals surface area contributed by atoms with E-state index in [0.717, 1.165) is 22.6 Å². The van der Waals surface area contributed by atoms with Gasteiger partial charge in [0, 0.05) is 12.7 Å². The summed E-state index contributed by atoms with van der Waals surface area (Å²) < 4.78 is 41.0. The number of H-pyrrole nitrogens is 1. The number of anilines is 1. The Morgan fingerprint density at radius 3 is 2.50 bits per heavy atom. The molecule has 2 aromatic heterocycles. The van der Waals surface area contributed by atoms with Crippen LogP contribution >= 0.6 is 0 Å². The van der Waals surface area contributed by atoms with Crippen molar-refractivity contribution in [2.45, 2.75) is 31.3 Å². The normalized spacial score (nSPS) is 17.3. The molecule has 1 aliphatic carbocycles. The van der Waals surface area contributed by atoms with Gasteiger partial charge in [-0.2, -0.15) is 0 Å². The van der Waals surface area contributed by atoms with Gasteiger partial charge in [-0.05, 0) is 65.2 Å². The van der Waals surface area contributed by atoms with Crippen LogP contribution in [0.5, 0.6) is 5.75 Å². The number of carbonyl (C=O) groups excluding carboxylic acids is 2. The first-order chi connectivity index (χ1) is 15.3. The molecule has 0 atom stereocenters. The molecule has 164 valence electrons. The average molecular weight is 445 g/mol. The molecule has 3 heterocycles. The molecule has 1 aliphatic heterocycles. The number of aromatic amines is 1. The topological polar surface area (TPSA) is 117 Å². The molecular formula is C19H14F3N7O3. The smallest absolute Gasteiger partial charge is 0.406 e. The molecule has 3 aromatic rings. The van der Waals surface area contributed by atoms with Gasteiger partial charge in [-0.15, -0.1) is 18.3 Å². The molecule has 5 rings (SSSR count). The predicted molar refractivity (Wildman–Crippen MR) is 101 cm³/mol. The van der Waals surface area contributed by atoms with Crippen molar-refractivity contribution < 1.29 is 27.5 Å². The molecule has 1 aromatic carbocycles. The van der Waals surface area contributed by atoms with Gasteiger partial charge < -0.3 is 9.64 Å². The number of amides is 3. The monoisotopic (exact) mass is 445 g/mol. The molecule has 1 N–H and O–H groups in total. The van der Waals surface area contributed by atoms with Crippen LogP contribution in [-0.4, -0.2) is 54.3 Å². The summed E-state index contributed by atoms with van der Waals surface area (Å²) in [6.07, 6.45) is -2.27. The number of hydrogen-bond acceptors (Lipinski definition) is 7. The van der Waals surface area contributed by atoms with E-state index < -0.39 is 29.6 Å². The lowest BCUT2D eigenvalue weighted by Crippen LogP contribution is -2.36. The van der Waals surface area contributed by atoms with E-state index in [-0.39, 0.29) is 12.2 Å². The number of hydrogen-bond donors (Lipinski definition) is 1. The van der Waals surface area contributed by atoms with Crippen molar-refractivity contribution in [1.29, 1.82) is 0 Å². The van der Waals surface area contributed by atoms with Crippen LogP contribution < -0.4 is 9.64 Å². The average Bonchev–Trinajstić information content (AvgIpc) is 3.31. The molecule has 32 heavy (non-hydrogen) atoms. The highest BCUT2D eigenvalue weighted by atomic mass is 19.4. The molecule has 0 bridgehead atoms. The summed E-state index contributed by atoms with van der Waals surface area (Å²) in [5.74, 6) is -0.482. The van der Waals surface area contributed by atoms with Gasteiger partial charge >= 0.3 is 12.4 Å². The fraction of sp³-hybridized carbons (Fsp3) is 0.263. The highest BCUT2D eigenvalue weighted by Gasteiger charge is 2.65. The molecule has 1 saturated heterocycles. The number of imide groups is 1. The summed E-state index contributed by atoms with van der Waals surface area (Å²) in [6.45, 7) is 0.146. The highest BCUT2D eigenvalue weighted by Crippen LogP contribution is 2.49. The lowest BCUT2D eigenvalue weighted by atomic mass is 10.1. The van der Waals surface area contributed by atoms with Crippen LogP contribution in [0.1, 0.15) is 18.4 Å². The van der Waals surface area contributed by atoms with Crippen LogP contribution in [0.2, 0.25) is 0 Å². The van der Waals surface area contributed by atoms with Crippen LogP contribution in [0.4, 0.5) is 23.7 Å². The fourth-order valence-electron chi connectivity index (χ4n) is 3.71. The number of rotatable bonds is 5. The Balaban J connectivity index is 1.39. The fourth-order valence-corrected chi connectivity index (χ4v) is 3.71. The summed E-state index contributed by atoms with van der Waals surface area (Å²) in [7, 11) is 0. The van der Waals surface area contributed by atoms with Gasteiger partial charge in [0.15, 0.2) is 5.82 Å². The van der Waals surface area contributed by atoms with Gasteiger partial charge in [0.25, 0.3) is 5.91 Å². The molecule has 0 unspecified atom stereocenters. The van der Waals surface area contributed by atoms with Crippen molar-refractivity contribution in [3.05, 3.63) is 48.2 Å². The van der Waals surface area contributed by atoms with Crippen molar-refractivity contribution >= 4 is 17.6 Å². The van der Waals surface area contributed by atoms with E-state index in [1.807, 2.05) is 0 Å². The quantitative estimate of drug-likeness (QED) is 0.600. The lowest BCUT2D eigenvalue weighted by Gasteiger charge is -2.21.